The number of aromatic nitrogens is 1. The van der Waals surface area contributed by atoms with Crippen LogP contribution in [0.2, 0.25) is 5.15 Å². The molecule has 1 aromatic carbocycles. The van der Waals surface area contributed by atoms with E-state index < -0.39 is 0 Å². The summed E-state index contributed by atoms with van der Waals surface area (Å²) < 4.78 is 0. The summed E-state index contributed by atoms with van der Waals surface area (Å²) in [6, 6.07) is 9.31. The van der Waals surface area contributed by atoms with Crippen molar-refractivity contribution in [2.75, 3.05) is 6.54 Å². The Labute approximate surface area is 128 Å². The van der Waals surface area contributed by atoms with E-state index in [0.29, 0.717) is 11.7 Å². The lowest BCUT2D eigenvalue weighted by Crippen LogP contribution is -2.33. The average Bonchev–Trinajstić information content (AvgIpc) is 2.71. The molecule has 2 aromatic rings. The molecule has 3 rings (SSSR count). The van der Waals surface area contributed by atoms with Crippen molar-refractivity contribution in [3.8, 4) is 0 Å². The number of nitrogens with two attached hydrogens (primary N) is 1. The summed E-state index contributed by atoms with van der Waals surface area (Å²) >= 11 is 5.85. The SMILES string of the molecule is Cl.NC1CCN(Cc2ccc3nc(Cl)ccc3c2)C1=O. The summed E-state index contributed by atoms with van der Waals surface area (Å²) in [6.07, 6.45) is 0.740. The standard InChI is InChI=1S/C14H14ClN3O.ClH/c15-13-4-2-10-7-9(1-3-12(10)17-13)8-18-6-5-11(16)14(18)19;/h1-4,7,11H,5-6,8,16H2;1H. The van der Waals surface area contributed by atoms with Crippen LogP contribution in [0, 0.1) is 0 Å². The van der Waals surface area contributed by atoms with Gasteiger partial charge in [-0.2, -0.15) is 0 Å². The van der Waals surface area contributed by atoms with Gasteiger partial charge in [0.2, 0.25) is 5.91 Å². The van der Waals surface area contributed by atoms with Gasteiger partial charge in [-0.05, 0) is 36.2 Å². The third-order valence-corrected chi connectivity index (χ3v) is 3.64. The molecule has 0 saturated carbocycles. The molecule has 1 aliphatic heterocycles. The molecule has 0 bridgehead atoms. The molecule has 1 atom stereocenters. The molecule has 2 heterocycles. The van der Waals surface area contributed by atoms with E-state index in [1.807, 2.05) is 24.3 Å². The van der Waals surface area contributed by atoms with Gasteiger partial charge < -0.3 is 10.6 Å². The van der Waals surface area contributed by atoms with E-state index in [-0.39, 0.29) is 24.4 Å². The van der Waals surface area contributed by atoms with Crippen LogP contribution in [0.3, 0.4) is 0 Å². The molecule has 106 valence electrons. The summed E-state index contributed by atoms with van der Waals surface area (Å²) in [5, 5.41) is 1.51. The highest BCUT2D eigenvalue weighted by molar-refractivity contribution is 6.29. The maximum Gasteiger partial charge on any atom is 0.239 e. The highest BCUT2D eigenvalue weighted by atomic mass is 35.5. The zero-order chi connectivity index (χ0) is 13.4. The Morgan fingerprint density at radius 2 is 2.15 bits per heavy atom. The lowest BCUT2D eigenvalue weighted by Gasteiger charge is -2.16. The molecular weight excluding hydrogens is 297 g/mol. The van der Waals surface area contributed by atoms with Crippen molar-refractivity contribution >= 4 is 40.8 Å². The van der Waals surface area contributed by atoms with Gasteiger partial charge in [-0.25, -0.2) is 4.98 Å². The Morgan fingerprint density at radius 3 is 2.85 bits per heavy atom. The molecule has 1 unspecified atom stereocenters. The molecule has 1 aliphatic rings. The number of pyridine rings is 1. The Kier molecular flexibility index (Phi) is 4.48. The molecule has 1 fully saturated rings. The number of benzene rings is 1. The first-order chi connectivity index (χ1) is 9.13. The number of hydrogen-bond acceptors (Lipinski definition) is 3. The Bertz CT molecular complexity index is 647. The number of nitrogens with zero attached hydrogens (tertiary/aromatic N) is 2. The van der Waals surface area contributed by atoms with Crippen LogP contribution in [-0.4, -0.2) is 28.4 Å². The van der Waals surface area contributed by atoms with Crippen molar-refractivity contribution in [3.05, 3.63) is 41.0 Å². The fraction of sp³-hybridized carbons (Fsp3) is 0.286. The number of rotatable bonds is 2. The quantitative estimate of drug-likeness (QED) is 0.866. The van der Waals surface area contributed by atoms with Gasteiger partial charge in [0.25, 0.3) is 0 Å². The third kappa shape index (κ3) is 2.87. The highest BCUT2D eigenvalue weighted by Crippen LogP contribution is 2.19. The average molecular weight is 312 g/mol. The summed E-state index contributed by atoms with van der Waals surface area (Å²) in [5.41, 5.74) is 7.66. The van der Waals surface area contributed by atoms with Gasteiger partial charge in [-0.3, -0.25) is 4.79 Å². The van der Waals surface area contributed by atoms with Crippen molar-refractivity contribution in [1.82, 2.24) is 9.88 Å². The van der Waals surface area contributed by atoms with Crippen molar-refractivity contribution in [2.45, 2.75) is 19.0 Å². The minimum absolute atomic E-state index is 0. The number of likely N-dealkylation sites (tertiary alicyclic amines) is 1. The van der Waals surface area contributed by atoms with Crippen LogP contribution in [0.15, 0.2) is 30.3 Å². The molecule has 0 aliphatic carbocycles. The maximum atomic E-state index is 11.8. The number of fused-ring (bicyclic) bond motifs is 1. The summed E-state index contributed by atoms with van der Waals surface area (Å²) in [4.78, 5) is 17.8. The molecule has 20 heavy (non-hydrogen) atoms. The van der Waals surface area contributed by atoms with Crippen LogP contribution in [-0.2, 0) is 11.3 Å². The van der Waals surface area contributed by atoms with Crippen molar-refractivity contribution in [1.29, 1.82) is 0 Å². The molecule has 2 N–H and O–H groups in total. The molecular formula is C14H15Cl2N3O. The van der Waals surface area contributed by atoms with Gasteiger partial charge >= 0.3 is 0 Å². The topological polar surface area (TPSA) is 59.2 Å². The van der Waals surface area contributed by atoms with Crippen LogP contribution in [0.25, 0.3) is 10.9 Å². The third-order valence-electron chi connectivity index (χ3n) is 3.43. The monoisotopic (exact) mass is 311 g/mol. The normalized spacial score (nSPS) is 18.4. The van der Waals surface area contributed by atoms with Gasteiger partial charge in [0.1, 0.15) is 5.15 Å². The predicted molar refractivity (Wildman–Crippen MR) is 82.0 cm³/mol. The number of halogens is 2. The fourth-order valence-corrected chi connectivity index (χ4v) is 2.54. The minimum Gasteiger partial charge on any atom is -0.337 e. The van der Waals surface area contributed by atoms with E-state index in [1.165, 1.54) is 0 Å². The molecule has 6 heteroatoms. The van der Waals surface area contributed by atoms with E-state index in [9.17, 15) is 4.79 Å². The second kappa shape index (κ2) is 5.95. The van der Waals surface area contributed by atoms with Gasteiger partial charge in [0.05, 0.1) is 11.6 Å². The van der Waals surface area contributed by atoms with E-state index >= 15 is 0 Å². The van der Waals surface area contributed by atoms with Gasteiger partial charge in [0.15, 0.2) is 0 Å². The zero-order valence-electron chi connectivity index (χ0n) is 10.8. The second-order valence-electron chi connectivity index (χ2n) is 4.82. The van der Waals surface area contributed by atoms with E-state index in [1.54, 1.807) is 11.0 Å². The molecule has 0 radical (unpaired) electrons. The van der Waals surface area contributed by atoms with E-state index in [4.69, 9.17) is 17.3 Å². The minimum atomic E-state index is -0.332. The lowest BCUT2D eigenvalue weighted by molar-refractivity contribution is -0.129. The summed E-state index contributed by atoms with van der Waals surface area (Å²) in [7, 11) is 0. The van der Waals surface area contributed by atoms with Gasteiger partial charge in [-0.1, -0.05) is 17.7 Å². The van der Waals surface area contributed by atoms with Crippen molar-refractivity contribution in [3.63, 3.8) is 0 Å². The van der Waals surface area contributed by atoms with Crippen LogP contribution < -0.4 is 5.73 Å². The predicted octanol–water partition coefficient (Wildman–Crippen LogP) is 2.37. The van der Waals surface area contributed by atoms with Gasteiger partial charge in [-0.15, -0.1) is 12.4 Å². The second-order valence-corrected chi connectivity index (χ2v) is 5.20. The lowest BCUT2D eigenvalue weighted by atomic mass is 10.1. The zero-order valence-corrected chi connectivity index (χ0v) is 12.3. The highest BCUT2D eigenvalue weighted by Gasteiger charge is 2.28. The Hall–Kier alpha value is -1.36. The first-order valence-electron chi connectivity index (χ1n) is 6.23. The maximum absolute atomic E-state index is 11.8. The number of carbonyl (C=O) groups excluding carboxylic acids is 1. The van der Waals surface area contributed by atoms with Crippen LogP contribution in [0.4, 0.5) is 0 Å². The van der Waals surface area contributed by atoms with Crippen molar-refractivity contribution in [2.24, 2.45) is 5.73 Å². The first kappa shape index (κ1) is 15.0. The molecule has 1 aromatic heterocycles. The number of carbonyl (C=O) groups is 1. The van der Waals surface area contributed by atoms with Crippen LogP contribution >= 0.6 is 24.0 Å². The summed E-state index contributed by atoms with van der Waals surface area (Å²) in [5.74, 6) is 0.0364. The van der Waals surface area contributed by atoms with E-state index in [0.717, 1.165) is 29.4 Å². The van der Waals surface area contributed by atoms with Crippen LogP contribution in [0.5, 0.6) is 0 Å². The molecule has 1 saturated heterocycles. The smallest absolute Gasteiger partial charge is 0.239 e. The number of hydrogen-bond donors (Lipinski definition) is 1. The van der Waals surface area contributed by atoms with Gasteiger partial charge in [0, 0.05) is 18.5 Å². The molecule has 0 spiro atoms. The largest absolute Gasteiger partial charge is 0.337 e. The molecule has 1 amide bonds. The van der Waals surface area contributed by atoms with Crippen LogP contribution in [0.1, 0.15) is 12.0 Å². The Balaban J connectivity index is 0.00000147. The molecule has 4 nitrogen and oxygen atoms in total. The summed E-state index contributed by atoms with van der Waals surface area (Å²) in [6.45, 7) is 1.34. The first-order valence-corrected chi connectivity index (χ1v) is 6.61. The Morgan fingerprint density at radius 1 is 1.35 bits per heavy atom. The van der Waals surface area contributed by atoms with E-state index in [2.05, 4.69) is 4.98 Å². The number of amides is 1. The van der Waals surface area contributed by atoms with Crippen molar-refractivity contribution < 1.29 is 4.79 Å². The fourth-order valence-electron chi connectivity index (χ4n) is 2.39.